The van der Waals surface area contributed by atoms with Crippen LogP contribution in [0.5, 0.6) is 5.75 Å². The van der Waals surface area contributed by atoms with Gasteiger partial charge in [0.15, 0.2) is 6.29 Å². The summed E-state index contributed by atoms with van der Waals surface area (Å²) in [5.74, 6) is 1.21. The number of thiazole rings is 1. The van der Waals surface area contributed by atoms with Crippen molar-refractivity contribution in [3.05, 3.63) is 33.6 Å². The highest BCUT2D eigenvalue weighted by molar-refractivity contribution is 9.10. The van der Waals surface area contributed by atoms with E-state index in [0.717, 1.165) is 35.4 Å². The Morgan fingerprint density at radius 2 is 2.28 bits per heavy atom. The van der Waals surface area contributed by atoms with Crippen molar-refractivity contribution in [1.82, 2.24) is 4.98 Å². The fourth-order valence-corrected chi connectivity index (χ4v) is 3.14. The molecule has 1 aliphatic heterocycles. The summed E-state index contributed by atoms with van der Waals surface area (Å²) in [7, 11) is 0. The normalized spacial score (nSPS) is 15.6. The number of nitrogens with two attached hydrogens (primary N) is 1. The Morgan fingerprint density at radius 1 is 1.44 bits per heavy atom. The van der Waals surface area contributed by atoms with Crippen molar-refractivity contribution in [2.75, 3.05) is 31.0 Å². The maximum Gasteiger partial charge on any atom is 0.205 e. The quantitative estimate of drug-likeness (QED) is 0.520. The van der Waals surface area contributed by atoms with Crippen LogP contribution in [0.2, 0.25) is 0 Å². The van der Waals surface area contributed by atoms with E-state index in [9.17, 15) is 0 Å². The number of ether oxygens (including phenoxy) is 3. The number of halogens is 1. The Balaban J connectivity index is 1.57. The van der Waals surface area contributed by atoms with Gasteiger partial charge in [0.1, 0.15) is 11.6 Å². The number of rotatable bonds is 7. The number of anilines is 2. The molecule has 0 saturated carbocycles. The molecule has 1 aromatic carbocycles. The fourth-order valence-electron chi connectivity index (χ4n) is 2.21. The van der Waals surface area contributed by atoms with Gasteiger partial charge in [0.2, 0.25) is 5.13 Å². The second kappa shape index (κ2) is 9.14. The molecule has 7 nitrogen and oxygen atoms in total. The molecule has 1 saturated heterocycles. The van der Waals surface area contributed by atoms with Gasteiger partial charge in [-0.05, 0) is 24.6 Å². The number of hydrogen-bond donors (Lipinski definition) is 2. The fraction of sp³-hybridized carbons (Fsp3) is 0.375. The molecule has 2 aromatic rings. The van der Waals surface area contributed by atoms with Crippen LogP contribution in [-0.2, 0) is 9.47 Å². The zero-order valence-electron chi connectivity index (χ0n) is 13.5. The molecule has 3 rings (SSSR count). The van der Waals surface area contributed by atoms with Crippen molar-refractivity contribution in [1.29, 1.82) is 0 Å². The maximum atomic E-state index is 5.87. The number of hydrazone groups is 1. The first-order chi connectivity index (χ1) is 12.2. The van der Waals surface area contributed by atoms with Crippen LogP contribution < -0.4 is 15.9 Å². The van der Waals surface area contributed by atoms with E-state index in [1.165, 1.54) is 11.3 Å². The number of nitrogens with zero attached hydrogens (tertiary/aromatic N) is 2. The van der Waals surface area contributed by atoms with Crippen molar-refractivity contribution in [3.8, 4) is 5.75 Å². The molecule has 25 heavy (non-hydrogen) atoms. The smallest absolute Gasteiger partial charge is 0.205 e. The third-order valence-corrected chi connectivity index (χ3v) is 4.62. The van der Waals surface area contributed by atoms with E-state index in [1.54, 1.807) is 11.6 Å². The first kappa shape index (κ1) is 18.1. The molecule has 0 bridgehead atoms. The molecule has 134 valence electrons. The van der Waals surface area contributed by atoms with E-state index in [2.05, 4.69) is 31.4 Å². The zero-order valence-corrected chi connectivity index (χ0v) is 15.9. The molecule has 0 spiro atoms. The lowest BCUT2D eigenvalue weighted by atomic mass is 10.2. The van der Waals surface area contributed by atoms with Crippen LogP contribution in [0.25, 0.3) is 0 Å². The van der Waals surface area contributed by atoms with Gasteiger partial charge in [0.25, 0.3) is 0 Å². The summed E-state index contributed by atoms with van der Waals surface area (Å²) >= 11 is 4.86. The van der Waals surface area contributed by atoms with Gasteiger partial charge in [-0.3, -0.25) is 5.43 Å². The van der Waals surface area contributed by atoms with Crippen LogP contribution in [0.3, 0.4) is 0 Å². The average Bonchev–Trinajstić information content (AvgIpc) is 3.03. The van der Waals surface area contributed by atoms with Crippen molar-refractivity contribution in [3.63, 3.8) is 0 Å². The van der Waals surface area contributed by atoms with Crippen molar-refractivity contribution in [2.24, 2.45) is 5.10 Å². The third-order valence-electron chi connectivity index (χ3n) is 3.36. The molecule has 0 atom stereocenters. The highest BCUT2D eigenvalue weighted by atomic mass is 79.9. The van der Waals surface area contributed by atoms with Gasteiger partial charge >= 0.3 is 0 Å². The summed E-state index contributed by atoms with van der Waals surface area (Å²) in [5, 5.41) is 6.58. The molecule has 0 amide bonds. The number of hydrogen-bond acceptors (Lipinski definition) is 8. The lowest BCUT2D eigenvalue weighted by Crippen LogP contribution is -2.26. The second-order valence-electron chi connectivity index (χ2n) is 5.29. The Kier molecular flexibility index (Phi) is 6.62. The minimum atomic E-state index is -0.182. The monoisotopic (exact) mass is 426 g/mol. The molecule has 1 fully saturated rings. The molecule has 0 aliphatic carbocycles. The van der Waals surface area contributed by atoms with E-state index < -0.39 is 0 Å². The van der Waals surface area contributed by atoms with Crippen LogP contribution in [0, 0.1) is 0 Å². The minimum Gasteiger partial charge on any atom is -0.493 e. The van der Waals surface area contributed by atoms with Gasteiger partial charge in [-0.15, -0.1) is 11.3 Å². The summed E-state index contributed by atoms with van der Waals surface area (Å²) in [4.78, 5) is 4.09. The van der Waals surface area contributed by atoms with Gasteiger partial charge in [0, 0.05) is 21.8 Å². The van der Waals surface area contributed by atoms with Crippen LogP contribution in [0.15, 0.2) is 33.2 Å². The molecule has 2 heterocycles. The van der Waals surface area contributed by atoms with Gasteiger partial charge < -0.3 is 19.9 Å². The van der Waals surface area contributed by atoms with E-state index in [4.69, 9.17) is 19.9 Å². The van der Waals surface area contributed by atoms with E-state index >= 15 is 0 Å². The predicted octanol–water partition coefficient (Wildman–Crippen LogP) is 3.47. The molecule has 1 aromatic heterocycles. The first-order valence-corrected chi connectivity index (χ1v) is 9.53. The highest BCUT2D eigenvalue weighted by Gasteiger charge is 2.14. The summed E-state index contributed by atoms with van der Waals surface area (Å²) in [6.45, 7) is 1.99. The summed E-state index contributed by atoms with van der Waals surface area (Å²) in [6, 6.07) is 5.76. The van der Waals surface area contributed by atoms with Gasteiger partial charge in [-0.25, -0.2) is 4.98 Å². The molecule has 0 radical (unpaired) electrons. The van der Waals surface area contributed by atoms with Gasteiger partial charge in [0.05, 0.1) is 26.0 Å². The molecule has 0 unspecified atom stereocenters. The largest absolute Gasteiger partial charge is 0.493 e. The summed E-state index contributed by atoms with van der Waals surface area (Å²) in [6.07, 6.45) is 3.13. The summed E-state index contributed by atoms with van der Waals surface area (Å²) < 4.78 is 17.9. The predicted molar refractivity (Wildman–Crippen MR) is 102 cm³/mol. The Hall–Kier alpha value is -1.68. The maximum absolute atomic E-state index is 5.87. The number of nitrogen functional groups attached to an aromatic ring is 1. The van der Waals surface area contributed by atoms with Crippen LogP contribution in [0.4, 0.5) is 10.9 Å². The molecular formula is C16H19BrN4O3S. The molecule has 3 N–H and O–H groups in total. The number of benzene rings is 1. The second-order valence-corrected chi connectivity index (χ2v) is 7.07. The van der Waals surface area contributed by atoms with E-state index in [1.807, 2.05) is 18.2 Å². The third kappa shape index (κ3) is 5.67. The van der Waals surface area contributed by atoms with Crippen molar-refractivity contribution >= 4 is 44.4 Å². The van der Waals surface area contributed by atoms with E-state index in [-0.39, 0.29) is 6.29 Å². The SMILES string of the molecule is Nc1csc(NN=Cc2cc(Br)ccc2OCCC2OCCCO2)n1. The van der Waals surface area contributed by atoms with Gasteiger partial charge in [-0.1, -0.05) is 15.9 Å². The van der Waals surface area contributed by atoms with Gasteiger partial charge in [-0.2, -0.15) is 5.10 Å². The average molecular weight is 427 g/mol. The number of aromatic nitrogens is 1. The number of nitrogens with one attached hydrogen (secondary N) is 1. The standard InChI is InChI=1S/C16H19BrN4O3S/c17-12-2-3-13(22-7-4-15-23-5-1-6-24-15)11(8-12)9-19-21-16-20-14(18)10-25-16/h2-3,8-10,15H,1,4-7,18H2,(H,20,21). The Labute approximate surface area is 158 Å². The van der Waals surface area contributed by atoms with Crippen molar-refractivity contribution in [2.45, 2.75) is 19.1 Å². The molecule has 9 heteroatoms. The lowest BCUT2D eigenvalue weighted by molar-refractivity contribution is -0.183. The van der Waals surface area contributed by atoms with Crippen LogP contribution in [-0.4, -0.2) is 37.3 Å². The van der Waals surface area contributed by atoms with E-state index in [0.29, 0.717) is 24.0 Å². The summed E-state index contributed by atoms with van der Waals surface area (Å²) in [5.41, 5.74) is 9.28. The highest BCUT2D eigenvalue weighted by Crippen LogP contribution is 2.23. The van der Waals surface area contributed by atoms with Crippen LogP contribution >= 0.6 is 27.3 Å². The molecular weight excluding hydrogens is 408 g/mol. The Morgan fingerprint density at radius 3 is 3.04 bits per heavy atom. The zero-order chi connectivity index (χ0) is 17.5. The Bertz CT molecular complexity index is 719. The molecule has 1 aliphatic rings. The lowest BCUT2D eigenvalue weighted by Gasteiger charge is -2.23. The topological polar surface area (TPSA) is 91.0 Å². The van der Waals surface area contributed by atoms with Crippen molar-refractivity contribution < 1.29 is 14.2 Å². The first-order valence-electron chi connectivity index (χ1n) is 7.86. The minimum absolute atomic E-state index is 0.182. The van der Waals surface area contributed by atoms with Crippen LogP contribution in [0.1, 0.15) is 18.4 Å².